The van der Waals surface area contributed by atoms with Crippen LogP contribution >= 0.6 is 0 Å². The number of carbonyl (C=O) groups is 1. The number of hydrogen-bond acceptors (Lipinski definition) is 8. The van der Waals surface area contributed by atoms with Crippen molar-refractivity contribution in [2.45, 2.75) is 20.0 Å². The summed E-state index contributed by atoms with van der Waals surface area (Å²) in [5.41, 5.74) is 6.33. The van der Waals surface area contributed by atoms with Gasteiger partial charge in [-0.3, -0.25) is 4.79 Å². The summed E-state index contributed by atoms with van der Waals surface area (Å²) in [6.45, 7) is 8.90. The maximum Gasteiger partial charge on any atom is 0.168 e. The summed E-state index contributed by atoms with van der Waals surface area (Å²) < 4.78 is 10.9. The third kappa shape index (κ3) is 5.42. The van der Waals surface area contributed by atoms with E-state index in [0.717, 1.165) is 73.9 Å². The first kappa shape index (κ1) is 25.9. The predicted octanol–water partition coefficient (Wildman–Crippen LogP) is 5.00. The normalized spacial score (nSPS) is 15.9. The summed E-state index contributed by atoms with van der Waals surface area (Å²) in [5.74, 6) is 0.486. The second-order valence-corrected chi connectivity index (χ2v) is 10.1. The molecule has 2 aliphatic heterocycles. The van der Waals surface area contributed by atoms with Gasteiger partial charge in [0.15, 0.2) is 6.29 Å². The van der Waals surface area contributed by atoms with Gasteiger partial charge >= 0.3 is 0 Å². The molecule has 5 rings (SSSR count). The maximum atomic E-state index is 11.9. The van der Waals surface area contributed by atoms with Crippen LogP contribution in [0.3, 0.4) is 0 Å². The zero-order chi connectivity index (χ0) is 26.6. The highest BCUT2D eigenvalue weighted by Crippen LogP contribution is 2.35. The van der Waals surface area contributed by atoms with Gasteiger partial charge < -0.3 is 30.0 Å². The van der Waals surface area contributed by atoms with E-state index < -0.39 is 0 Å². The second kappa shape index (κ2) is 11.3. The molecule has 198 valence electrons. The van der Waals surface area contributed by atoms with Crippen molar-refractivity contribution in [3.63, 3.8) is 0 Å². The number of carbonyl (C=O) groups excluding carboxylic acids is 1. The maximum absolute atomic E-state index is 11.9. The van der Waals surface area contributed by atoms with Crippen LogP contribution in [0.1, 0.15) is 29.9 Å². The van der Waals surface area contributed by atoms with Gasteiger partial charge in [0.05, 0.1) is 19.3 Å². The minimum Gasteiger partial charge on any atom is -0.378 e. The number of rotatable bonds is 9. The lowest BCUT2D eigenvalue weighted by Crippen LogP contribution is -2.51. The van der Waals surface area contributed by atoms with Crippen molar-refractivity contribution in [3.05, 3.63) is 65.9 Å². The highest BCUT2D eigenvalue weighted by atomic mass is 16.5. The molecule has 2 N–H and O–H groups in total. The molecule has 3 heterocycles. The lowest BCUT2D eigenvalue weighted by atomic mass is 9.91. The molecule has 0 atom stereocenters. The van der Waals surface area contributed by atoms with E-state index in [9.17, 15) is 4.79 Å². The Hall–Kier alpha value is -3.75. The number of pyridine rings is 1. The van der Waals surface area contributed by atoms with Crippen molar-refractivity contribution in [1.82, 2.24) is 4.98 Å². The summed E-state index contributed by atoms with van der Waals surface area (Å²) in [5, 5.41) is 12.4. The fourth-order valence-electron chi connectivity index (χ4n) is 4.89. The van der Waals surface area contributed by atoms with Crippen LogP contribution in [0.15, 0.2) is 54.6 Å². The Morgan fingerprint density at radius 2 is 1.82 bits per heavy atom. The molecule has 2 aromatic carbocycles. The van der Waals surface area contributed by atoms with E-state index in [1.165, 1.54) is 0 Å². The van der Waals surface area contributed by atoms with Gasteiger partial charge in [-0.1, -0.05) is 32.0 Å². The Kier molecular flexibility index (Phi) is 7.72. The minimum absolute atomic E-state index is 0.0239. The molecule has 2 fully saturated rings. The Balaban J connectivity index is 1.51. The van der Waals surface area contributed by atoms with Gasteiger partial charge in [0.1, 0.15) is 11.5 Å². The topological polar surface area (TPSA) is 90.8 Å². The molecular weight excluding hydrogens is 478 g/mol. The second-order valence-electron chi connectivity index (χ2n) is 10.1. The number of nitrogens with one attached hydrogen (secondary N) is 2. The minimum atomic E-state index is -0.0239. The van der Waals surface area contributed by atoms with Crippen molar-refractivity contribution in [1.29, 1.82) is 5.41 Å². The highest BCUT2D eigenvalue weighted by Gasteiger charge is 2.27. The largest absolute Gasteiger partial charge is 0.378 e. The molecule has 0 saturated carbocycles. The Labute approximate surface area is 224 Å². The van der Waals surface area contributed by atoms with Gasteiger partial charge in [0.25, 0.3) is 0 Å². The van der Waals surface area contributed by atoms with Crippen molar-refractivity contribution in [2.75, 3.05) is 61.6 Å². The molecule has 0 unspecified atom stereocenters. The van der Waals surface area contributed by atoms with E-state index in [1.807, 2.05) is 26.0 Å². The van der Waals surface area contributed by atoms with Crippen molar-refractivity contribution < 1.29 is 14.3 Å². The van der Waals surface area contributed by atoms with Crippen LogP contribution in [0.2, 0.25) is 0 Å². The van der Waals surface area contributed by atoms with E-state index >= 15 is 0 Å². The molecule has 0 amide bonds. The van der Waals surface area contributed by atoms with Gasteiger partial charge in [-0.15, -0.1) is 0 Å². The number of nitrogens with zero attached hydrogens (tertiary/aromatic N) is 3. The first-order valence-corrected chi connectivity index (χ1v) is 13.1. The summed E-state index contributed by atoms with van der Waals surface area (Å²) in [7, 11) is 1.74. The first-order valence-electron chi connectivity index (χ1n) is 13.1. The van der Waals surface area contributed by atoms with E-state index in [-0.39, 0.29) is 12.0 Å². The number of aldehydes is 1. The molecule has 8 nitrogen and oxygen atoms in total. The quantitative estimate of drug-likeness (QED) is 0.307. The third-order valence-corrected chi connectivity index (χ3v) is 7.22. The summed E-state index contributed by atoms with van der Waals surface area (Å²) in [6.07, 6.45) is 1.02. The number of methoxy groups -OCH3 is 1. The number of aromatic nitrogens is 1. The van der Waals surface area contributed by atoms with Crippen LogP contribution in [-0.2, 0) is 9.47 Å². The van der Waals surface area contributed by atoms with E-state index in [1.54, 1.807) is 13.2 Å². The zero-order valence-corrected chi connectivity index (χ0v) is 22.2. The fourth-order valence-corrected chi connectivity index (χ4v) is 4.89. The van der Waals surface area contributed by atoms with Crippen LogP contribution < -0.4 is 15.1 Å². The number of morpholine rings is 1. The number of anilines is 4. The predicted molar refractivity (Wildman–Crippen MR) is 152 cm³/mol. The number of benzene rings is 2. The average molecular weight is 514 g/mol. The van der Waals surface area contributed by atoms with Crippen LogP contribution in [0.5, 0.6) is 0 Å². The van der Waals surface area contributed by atoms with Crippen molar-refractivity contribution in [3.8, 4) is 11.1 Å². The summed E-state index contributed by atoms with van der Waals surface area (Å²) >= 11 is 0. The van der Waals surface area contributed by atoms with Gasteiger partial charge in [-0.25, -0.2) is 4.98 Å². The van der Waals surface area contributed by atoms with E-state index in [0.29, 0.717) is 22.8 Å². The smallest absolute Gasteiger partial charge is 0.168 e. The molecule has 0 aliphatic carbocycles. The summed E-state index contributed by atoms with van der Waals surface area (Å²) in [6, 6.07) is 18.2. The molecular formula is C30H35N5O3. The number of ether oxygens (including phenoxy) is 2. The van der Waals surface area contributed by atoms with Gasteiger partial charge in [-0.2, -0.15) is 0 Å². The molecule has 2 saturated heterocycles. The molecule has 0 bridgehead atoms. The molecule has 2 aliphatic rings. The third-order valence-electron chi connectivity index (χ3n) is 7.22. The lowest BCUT2D eigenvalue weighted by molar-refractivity contribution is 0.0788. The fraction of sp³-hybridized carbons (Fsp3) is 0.367. The number of hydrogen-bond donors (Lipinski definition) is 2. The van der Waals surface area contributed by atoms with Crippen LogP contribution in [0.25, 0.3) is 11.1 Å². The molecule has 1 aromatic heterocycles. The van der Waals surface area contributed by atoms with Gasteiger partial charge in [-0.05, 0) is 53.4 Å². The average Bonchev–Trinajstić information content (AvgIpc) is 2.92. The van der Waals surface area contributed by atoms with Gasteiger partial charge in [0, 0.05) is 61.6 Å². The molecule has 0 spiro atoms. The standard InChI is InChI=1S/C30H35N5O3/c1-20(2)29(31)28-27(21-7-9-24(10-8-21)34-11-13-38-14-12-34)16-23(19-36)33-30(28)32-22-5-4-6-25(15-22)35-17-26(18-35)37-3/h4-10,15-16,19-20,26,31H,11-14,17-18H2,1-3H3,(H,32,33). The summed E-state index contributed by atoms with van der Waals surface area (Å²) in [4.78, 5) is 21.1. The zero-order valence-electron chi connectivity index (χ0n) is 22.2. The van der Waals surface area contributed by atoms with Crippen molar-refractivity contribution in [2.24, 2.45) is 5.92 Å². The van der Waals surface area contributed by atoms with E-state index in [4.69, 9.17) is 14.9 Å². The monoisotopic (exact) mass is 513 g/mol. The molecule has 0 radical (unpaired) electrons. The van der Waals surface area contributed by atoms with Gasteiger partial charge in [0.2, 0.25) is 0 Å². The molecule has 3 aromatic rings. The highest BCUT2D eigenvalue weighted by molar-refractivity contribution is 6.10. The first-order chi connectivity index (χ1) is 18.5. The van der Waals surface area contributed by atoms with Crippen LogP contribution in [0, 0.1) is 11.3 Å². The Morgan fingerprint density at radius 1 is 1.08 bits per heavy atom. The van der Waals surface area contributed by atoms with E-state index in [2.05, 4.69) is 56.5 Å². The Morgan fingerprint density at radius 3 is 2.47 bits per heavy atom. The molecule has 8 heteroatoms. The van der Waals surface area contributed by atoms with Crippen LogP contribution in [-0.4, -0.2) is 69.6 Å². The van der Waals surface area contributed by atoms with Crippen molar-refractivity contribution >= 4 is 34.9 Å². The SMILES string of the molecule is COC1CN(c2cccc(Nc3nc(C=O)cc(-c4ccc(N5CCOCC5)cc4)c3C(=N)C(C)C)c2)C1. The van der Waals surface area contributed by atoms with Crippen LogP contribution in [0.4, 0.5) is 22.9 Å². The molecule has 38 heavy (non-hydrogen) atoms. The lowest BCUT2D eigenvalue weighted by Gasteiger charge is -2.40. The Bertz CT molecular complexity index is 1300.